The second kappa shape index (κ2) is 8.82. The molecule has 4 nitrogen and oxygen atoms in total. The molecule has 2 aromatic rings. The van der Waals surface area contributed by atoms with Gasteiger partial charge in [-0.2, -0.15) is 0 Å². The number of nitrogens with zero attached hydrogens (tertiary/aromatic N) is 3. The molecule has 0 atom stereocenters. The van der Waals surface area contributed by atoms with E-state index in [9.17, 15) is 4.39 Å². The number of thiophene rings is 1. The standard InChI is InChI=1S/C20H24BrFN4S/c21-20-4-3-17(27-20)14-23-16-5-8-25(9-6-16)10-11-26-7-1-2-18-19(26)12-15(22)13-24-18/h1,3-4,7,12-13,16,23H,2,5-6,8-11,14H2. The average molecular weight is 451 g/mol. The first-order valence-corrected chi connectivity index (χ1v) is 11.1. The van der Waals surface area contributed by atoms with Crippen LogP contribution in [0.1, 0.15) is 23.4 Å². The Morgan fingerprint density at radius 3 is 2.89 bits per heavy atom. The Morgan fingerprint density at radius 1 is 1.26 bits per heavy atom. The number of hydrogen-bond acceptors (Lipinski definition) is 5. The highest BCUT2D eigenvalue weighted by molar-refractivity contribution is 9.11. The Morgan fingerprint density at radius 2 is 2.11 bits per heavy atom. The Balaban J connectivity index is 1.22. The summed E-state index contributed by atoms with van der Waals surface area (Å²) in [4.78, 5) is 10.2. The van der Waals surface area contributed by atoms with Crippen molar-refractivity contribution >= 4 is 33.0 Å². The van der Waals surface area contributed by atoms with Crippen molar-refractivity contribution in [2.24, 2.45) is 0 Å². The molecule has 0 aliphatic carbocycles. The number of allylic oxidation sites excluding steroid dienone is 1. The van der Waals surface area contributed by atoms with Crippen LogP contribution in [0.3, 0.4) is 0 Å². The Hall–Kier alpha value is -1.28. The molecule has 0 aromatic carbocycles. The largest absolute Gasteiger partial charge is 0.345 e. The minimum atomic E-state index is -0.265. The van der Waals surface area contributed by atoms with Crippen molar-refractivity contribution in [1.29, 1.82) is 0 Å². The SMILES string of the molecule is Fc1cnc2c(c1)N(CCN1CCC(NCc3ccc(Br)s3)CC1)C=CC2. The van der Waals surface area contributed by atoms with Gasteiger partial charge in [0.1, 0.15) is 5.82 Å². The third-order valence-corrected chi connectivity index (χ3v) is 6.88. The van der Waals surface area contributed by atoms with E-state index in [0.29, 0.717) is 6.04 Å². The van der Waals surface area contributed by atoms with Gasteiger partial charge in [-0.1, -0.05) is 6.08 Å². The third-order valence-electron chi connectivity index (χ3n) is 5.26. The van der Waals surface area contributed by atoms with Gasteiger partial charge in [0.25, 0.3) is 0 Å². The van der Waals surface area contributed by atoms with Crippen LogP contribution in [0.2, 0.25) is 0 Å². The minimum absolute atomic E-state index is 0.265. The fourth-order valence-corrected chi connectivity index (χ4v) is 5.17. The van der Waals surface area contributed by atoms with E-state index in [-0.39, 0.29) is 5.82 Å². The summed E-state index contributed by atoms with van der Waals surface area (Å²) >= 11 is 5.32. The van der Waals surface area contributed by atoms with Crippen molar-refractivity contribution in [2.45, 2.75) is 31.8 Å². The molecule has 1 N–H and O–H groups in total. The van der Waals surface area contributed by atoms with Gasteiger partial charge in [-0.15, -0.1) is 11.3 Å². The molecule has 4 heterocycles. The first kappa shape index (κ1) is 19.1. The van der Waals surface area contributed by atoms with E-state index in [1.54, 1.807) is 17.4 Å². The van der Waals surface area contributed by atoms with Crippen LogP contribution in [0.25, 0.3) is 0 Å². The van der Waals surface area contributed by atoms with Crippen LogP contribution in [0.15, 0.2) is 40.5 Å². The zero-order valence-electron chi connectivity index (χ0n) is 15.2. The van der Waals surface area contributed by atoms with Crippen molar-refractivity contribution in [1.82, 2.24) is 15.2 Å². The maximum atomic E-state index is 13.6. The number of rotatable bonds is 6. The van der Waals surface area contributed by atoms with E-state index in [4.69, 9.17) is 0 Å². The van der Waals surface area contributed by atoms with Gasteiger partial charge in [-0.05, 0) is 54.0 Å². The first-order chi connectivity index (χ1) is 13.2. The minimum Gasteiger partial charge on any atom is -0.345 e. The second-order valence-corrected chi connectivity index (χ2v) is 9.65. The molecular formula is C20H24BrFN4S. The van der Waals surface area contributed by atoms with Gasteiger partial charge in [0.2, 0.25) is 0 Å². The van der Waals surface area contributed by atoms with Crippen LogP contribution < -0.4 is 10.2 Å². The molecule has 0 radical (unpaired) electrons. The average Bonchev–Trinajstić information content (AvgIpc) is 3.11. The number of pyridine rings is 1. The maximum Gasteiger partial charge on any atom is 0.143 e. The van der Waals surface area contributed by atoms with Gasteiger partial charge in [0.15, 0.2) is 0 Å². The van der Waals surface area contributed by atoms with Crippen LogP contribution in [-0.4, -0.2) is 42.1 Å². The summed E-state index contributed by atoms with van der Waals surface area (Å²) in [5.41, 5.74) is 1.87. The normalized spacial score (nSPS) is 18.1. The molecule has 0 unspecified atom stereocenters. The molecule has 2 aromatic heterocycles. The van der Waals surface area contributed by atoms with E-state index in [1.807, 2.05) is 0 Å². The van der Waals surface area contributed by atoms with E-state index in [2.05, 4.69) is 60.4 Å². The van der Waals surface area contributed by atoms with Gasteiger partial charge < -0.3 is 15.1 Å². The summed E-state index contributed by atoms with van der Waals surface area (Å²) in [5.74, 6) is -0.265. The second-order valence-electron chi connectivity index (χ2n) is 7.10. The van der Waals surface area contributed by atoms with Crippen molar-refractivity contribution in [3.05, 3.63) is 56.8 Å². The van der Waals surface area contributed by atoms with E-state index in [1.165, 1.54) is 27.7 Å². The lowest BCUT2D eigenvalue weighted by atomic mass is 10.0. The summed E-state index contributed by atoms with van der Waals surface area (Å²) in [6, 6.07) is 6.48. The Bertz CT molecular complexity index is 801. The van der Waals surface area contributed by atoms with Crippen LogP contribution in [0.4, 0.5) is 10.1 Å². The van der Waals surface area contributed by atoms with Crippen LogP contribution >= 0.6 is 27.3 Å². The molecule has 4 rings (SSSR count). The lowest BCUT2D eigenvalue weighted by Gasteiger charge is -2.34. The van der Waals surface area contributed by atoms with Gasteiger partial charge in [-0.25, -0.2) is 4.39 Å². The molecular weight excluding hydrogens is 427 g/mol. The molecule has 27 heavy (non-hydrogen) atoms. The highest BCUT2D eigenvalue weighted by Crippen LogP contribution is 2.25. The summed E-state index contributed by atoms with van der Waals surface area (Å²) in [6.07, 6.45) is 8.61. The molecule has 0 bridgehead atoms. The summed E-state index contributed by atoms with van der Waals surface area (Å²) in [6.45, 7) is 5.03. The number of aromatic nitrogens is 1. The third kappa shape index (κ3) is 4.96. The summed E-state index contributed by atoms with van der Waals surface area (Å²) < 4.78 is 14.8. The van der Waals surface area contributed by atoms with Crippen molar-refractivity contribution < 1.29 is 4.39 Å². The number of hydrogen-bond donors (Lipinski definition) is 1. The molecule has 0 saturated carbocycles. The lowest BCUT2D eigenvalue weighted by Crippen LogP contribution is -2.44. The predicted octanol–water partition coefficient (Wildman–Crippen LogP) is 4.18. The van der Waals surface area contributed by atoms with Gasteiger partial charge in [0, 0.05) is 49.2 Å². The van der Waals surface area contributed by atoms with Gasteiger partial charge in [-0.3, -0.25) is 4.98 Å². The maximum absolute atomic E-state index is 13.6. The van der Waals surface area contributed by atoms with E-state index in [0.717, 1.165) is 50.5 Å². The van der Waals surface area contributed by atoms with E-state index < -0.39 is 0 Å². The monoisotopic (exact) mass is 450 g/mol. The smallest absolute Gasteiger partial charge is 0.143 e. The fourth-order valence-electron chi connectivity index (χ4n) is 3.73. The highest BCUT2D eigenvalue weighted by Gasteiger charge is 2.20. The molecule has 0 spiro atoms. The quantitative estimate of drug-likeness (QED) is 0.715. The molecule has 1 saturated heterocycles. The van der Waals surface area contributed by atoms with Crippen LogP contribution in [0, 0.1) is 5.82 Å². The van der Waals surface area contributed by atoms with Gasteiger partial charge >= 0.3 is 0 Å². The zero-order valence-corrected chi connectivity index (χ0v) is 17.6. The molecule has 0 amide bonds. The number of halogens is 2. The molecule has 7 heteroatoms. The number of fused-ring (bicyclic) bond motifs is 1. The Kier molecular flexibility index (Phi) is 6.22. The molecule has 2 aliphatic rings. The lowest BCUT2D eigenvalue weighted by molar-refractivity contribution is 0.202. The van der Waals surface area contributed by atoms with Crippen LogP contribution in [-0.2, 0) is 13.0 Å². The Labute approximate surface area is 172 Å². The fraction of sp³-hybridized carbons (Fsp3) is 0.450. The molecule has 2 aliphatic heterocycles. The van der Waals surface area contributed by atoms with Crippen LogP contribution in [0.5, 0.6) is 0 Å². The van der Waals surface area contributed by atoms with Crippen molar-refractivity contribution in [3.63, 3.8) is 0 Å². The van der Waals surface area contributed by atoms with Crippen molar-refractivity contribution in [2.75, 3.05) is 31.1 Å². The number of anilines is 1. The number of piperidine rings is 1. The highest BCUT2D eigenvalue weighted by atomic mass is 79.9. The van der Waals surface area contributed by atoms with E-state index >= 15 is 0 Å². The molecule has 1 fully saturated rings. The van der Waals surface area contributed by atoms with Gasteiger partial charge in [0.05, 0.1) is 21.4 Å². The summed E-state index contributed by atoms with van der Waals surface area (Å²) in [7, 11) is 0. The zero-order chi connectivity index (χ0) is 18.6. The topological polar surface area (TPSA) is 31.4 Å². The van der Waals surface area contributed by atoms with Crippen molar-refractivity contribution in [3.8, 4) is 0 Å². The number of likely N-dealkylation sites (tertiary alicyclic amines) is 1. The number of nitrogens with one attached hydrogen (secondary N) is 1. The predicted molar refractivity (Wildman–Crippen MR) is 113 cm³/mol. The first-order valence-electron chi connectivity index (χ1n) is 9.45. The summed E-state index contributed by atoms with van der Waals surface area (Å²) in [5, 5.41) is 3.69. The molecule has 144 valence electrons.